The molecular weight excluding hydrogens is 492 g/mol. The van der Waals surface area contributed by atoms with E-state index in [0.717, 1.165) is 0 Å². The second-order valence-corrected chi connectivity index (χ2v) is 12.5. The Bertz CT molecular complexity index is 1210. The van der Waals surface area contributed by atoms with Crippen LogP contribution >= 0.6 is 0 Å². The van der Waals surface area contributed by atoms with Crippen LogP contribution in [0.3, 0.4) is 0 Å². The second kappa shape index (κ2) is 11.5. The number of anilines is 1. The van der Waals surface area contributed by atoms with Crippen LogP contribution in [0.15, 0.2) is 58.3 Å². The number of nitrogens with one attached hydrogen (secondary N) is 2. The number of nitrogens with zero attached hydrogens (tertiary/aromatic N) is 2. The van der Waals surface area contributed by atoms with Crippen molar-refractivity contribution in [3.63, 3.8) is 0 Å². The molecule has 0 atom stereocenters. The lowest BCUT2D eigenvalue weighted by Gasteiger charge is -2.31. The van der Waals surface area contributed by atoms with Gasteiger partial charge in [0.2, 0.25) is 20.0 Å². The highest BCUT2D eigenvalue weighted by Gasteiger charge is 2.27. The van der Waals surface area contributed by atoms with Gasteiger partial charge in [0.15, 0.2) is 6.61 Å². The number of hydrogen-bond donors (Lipinski definition) is 2. The molecule has 192 valence electrons. The lowest BCUT2D eigenvalue weighted by Crippen LogP contribution is -2.46. The Kier molecular flexibility index (Phi) is 8.89. The quantitative estimate of drug-likeness (QED) is 0.483. The molecule has 0 bridgehead atoms. The Hall–Kier alpha value is -2.51. The van der Waals surface area contributed by atoms with Gasteiger partial charge in [0.1, 0.15) is 5.75 Å². The highest BCUT2D eigenvalue weighted by Crippen LogP contribution is 2.20. The van der Waals surface area contributed by atoms with Crippen LogP contribution < -0.4 is 14.8 Å². The van der Waals surface area contributed by atoms with Gasteiger partial charge in [0.25, 0.3) is 5.91 Å². The Balaban J connectivity index is 1.52. The number of hydrogen-bond acceptors (Lipinski definition) is 7. The fourth-order valence-electron chi connectivity index (χ4n) is 3.31. The van der Waals surface area contributed by atoms with Crippen LogP contribution in [0, 0.1) is 5.92 Å². The topological polar surface area (TPSA) is 125 Å². The number of sulfonamides is 2. The molecule has 1 saturated heterocycles. The smallest absolute Gasteiger partial charge is 0.262 e. The monoisotopic (exact) mass is 524 g/mol. The van der Waals surface area contributed by atoms with Gasteiger partial charge in [0.05, 0.1) is 9.79 Å². The maximum absolute atomic E-state index is 12.8. The van der Waals surface area contributed by atoms with Crippen molar-refractivity contribution in [1.29, 1.82) is 0 Å². The minimum Gasteiger partial charge on any atom is -0.484 e. The highest BCUT2D eigenvalue weighted by atomic mass is 32.2. The van der Waals surface area contributed by atoms with Gasteiger partial charge in [-0.2, -0.15) is 4.31 Å². The Morgan fingerprint density at radius 3 is 2.06 bits per heavy atom. The van der Waals surface area contributed by atoms with E-state index in [1.807, 2.05) is 20.9 Å². The van der Waals surface area contributed by atoms with E-state index in [9.17, 15) is 21.6 Å². The van der Waals surface area contributed by atoms with E-state index >= 15 is 0 Å². The summed E-state index contributed by atoms with van der Waals surface area (Å²) < 4.78 is 59.5. The Morgan fingerprint density at radius 2 is 1.49 bits per heavy atom. The number of benzene rings is 2. The molecule has 1 heterocycles. The van der Waals surface area contributed by atoms with Crippen molar-refractivity contribution in [3.05, 3.63) is 48.5 Å². The van der Waals surface area contributed by atoms with Crippen molar-refractivity contribution in [1.82, 2.24) is 13.9 Å². The molecule has 0 saturated carbocycles. The lowest BCUT2D eigenvalue weighted by atomic mass is 10.2. The third kappa shape index (κ3) is 7.48. The van der Waals surface area contributed by atoms with Gasteiger partial charge in [-0.25, -0.2) is 21.6 Å². The van der Waals surface area contributed by atoms with E-state index in [-0.39, 0.29) is 22.3 Å². The van der Waals surface area contributed by atoms with Crippen molar-refractivity contribution in [3.8, 4) is 5.75 Å². The van der Waals surface area contributed by atoms with Crippen molar-refractivity contribution in [2.75, 3.05) is 51.7 Å². The number of likely N-dealkylation sites (N-methyl/N-ethyl adjacent to an activating group) is 1. The van der Waals surface area contributed by atoms with Crippen molar-refractivity contribution in [2.24, 2.45) is 5.92 Å². The lowest BCUT2D eigenvalue weighted by molar-refractivity contribution is -0.118. The molecule has 0 radical (unpaired) electrons. The van der Waals surface area contributed by atoms with E-state index < -0.39 is 26.0 Å². The summed E-state index contributed by atoms with van der Waals surface area (Å²) in [6, 6.07) is 11.8. The molecule has 1 amide bonds. The van der Waals surface area contributed by atoms with Crippen LogP contribution in [0.1, 0.15) is 13.8 Å². The van der Waals surface area contributed by atoms with Gasteiger partial charge in [-0.15, -0.1) is 0 Å². The first-order valence-electron chi connectivity index (χ1n) is 11.3. The Labute approximate surface area is 207 Å². The van der Waals surface area contributed by atoms with Crippen LogP contribution in [0.25, 0.3) is 0 Å². The van der Waals surface area contributed by atoms with Gasteiger partial charge in [0, 0.05) is 38.4 Å². The average Bonchev–Trinajstić information content (AvgIpc) is 2.82. The first kappa shape index (κ1) is 27.1. The highest BCUT2D eigenvalue weighted by molar-refractivity contribution is 7.89. The van der Waals surface area contributed by atoms with E-state index in [1.165, 1.54) is 52.8 Å². The van der Waals surface area contributed by atoms with Crippen molar-refractivity contribution >= 4 is 31.6 Å². The average molecular weight is 525 g/mol. The molecule has 10 nitrogen and oxygen atoms in total. The third-order valence-electron chi connectivity index (χ3n) is 5.42. The molecule has 2 aromatic rings. The maximum Gasteiger partial charge on any atom is 0.262 e. The van der Waals surface area contributed by atoms with Crippen LogP contribution in [0.5, 0.6) is 5.75 Å². The molecule has 0 aromatic heterocycles. The fourth-order valence-corrected chi connectivity index (χ4v) is 5.94. The zero-order chi connectivity index (χ0) is 25.6. The minimum atomic E-state index is -3.60. The van der Waals surface area contributed by atoms with E-state index in [2.05, 4.69) is 14.9 Å². The first-order valence-corrected chi connectivity index (χ1v) is 14.2. The molecule has 1 fully saturated rings. The zero-order valence-electron chi connectivity index (χ0n) is 20.1. The summed E-state index contributed by atoms with van der Waals surface area (Å²) >= 11 is 0. The zero-order valence-corrected chi connectivity index (χ0v) is 21.7. The minimum absolute atomic E-state index is 0.113. The summed E-state index contributed by atoms with van der Waals surface area (Å²) in [5.74, 6) is 0.0926. The van der Waals surface area contributed by atoms with E-state index in [4.69, 9.17) is 4.74 Å². The first-order chi connectivity index (χ1) is 16.5. The molecular formula is C23H32N4O6S2. The molecule has 1 aliphatic rings. The molecule has 12 heteroatoms. The maximum atomic E-state index is 12.8. The summed E-state index contributed by atoms with van der Waals surface area (Å²) in [5.41, 5.74) is 0.439. The molecule has 3 rings (SSSR count). The largest absolute Gasteiger partial charge is 0.484 e. The normalized spacial score (nSPS) is 15.8. The predicted octanol–water partition coefficient (Wildman–Crippen LogP) is 1.57. The summed E-state index contributed by atoms with van der Waals surface area (Å²) in [6.07, 6.45) is 0. The number of ether oxygens (including phenoxy) is 1. The fraction of sp³-hybridized carbons (Fsp3) is 0.435. The van der Waals surface area contributed by atoms with Gasteiger partial charge in [-0.3, -0.25) is 4.79 Å². The SMILES string of the molecule is CC(C)CNS(=O)(=O)c1ccc(OCC(=O)Nc2ccc(S(=O)(=O)N3CCN(C)CC3)cc2)cc1. The van der Waals surface area contributed by atoms with Gasteiger partial charge in [-0.05, 0) is 61.5 Å². The molecule has 0 spiro atoms. The van der Waals surface area contributed by atoms with Crippen molar-refractivity contribution in [2.45, 2.75) is 23.6 Å². The molecule has 0 unspecified atom stereocenters. The second-order valence-electron chi connectivity index (χ2n) is 8.79. The standard InChI is InChI=1S/C23H32N4O6S2/c1-18(2)16-24-34(29,30)21-10-6-20(7-11-21)33-17-23(28)25-19-4-8-22(9-5-19)35(31,32)27-14-12-26(3)13-15-27/h4-11,18,24H,12-17H2,1-3H3,(H,25,28). The third-order valence-corrected chi connectivity index (χ3v) is 8.78. The number of amides is 1. The number of carbonyl (C=O) groups is 1. The van der Waals surface area contributed by atoms with Gasteiger partial charge >= 0.3 is 0 Å². The van der Waals surface area contributed by atoms with Crippen LogP contribution in [0.4, 0.5) is 5.69 Å². The number of piperazine rings is 1. The van der Waals surface area contributed by atoms with Crippen LogP contribution in [-0.4, -0.2) is 78.3 Å². The molecule has 35 heavy (non-hydrogen) atoms. The van der Waals surface area contributed by atoms with Crippen LogP contribution in [-0.2, 0) is 24.8 Å². The molecule has 0 aliphatic carbocycles. The predicted molar refractivity (Wildman–Crippen MR) is 133 cm³/mol. The number of carbonyl (C=O) groups excluding carboxylic acids is 1. The summed E-state index contributed by atoms with van der Waals surface area (Å²) in [6.45, 7) is 6.11. The summed E-state index contributed by atoms with van der Waals surface area (Å²) in [4.78, 5) is 14.6. The Morgan fingerprint density at radius 1 is 0.914 bits per heavy atom. The molecule has 1 aliphatic heterocycles. The molecule has 2 N–H and O–H groups in total. The summed E-state index contributed by atoms with van der Waals surface area (Å²) in [7, 11) is -5.22. The van der Waals surface area contributed by atoms with E-state index in [1.54, 1.807) is 0 Å². The number of rotatable bonds is 10. The van der Waals surface area contributed by atoms with Gasteiger partial charge < -0.3 is 15.0 Å². The van der Waals surface area contributed by atoms with E-state index in [0.29, 0.717) is 44.2 Å². The van der Waals surface area contributed by atoms with Crippen molar-refractivity contribution < 1.29 is 26.4 Å². The molecule has 2 aromatic carbocycles. The summed E-state index contributed by atoms with van der Waals surface area (Å²) in [5, 5.41) is 2.65. The van der Waals surface area contributed by atoms with Gasteiger partial charge in [-0.1, -0.05) is 13.8 Å². The van der Waals surface area contributed by atoms with Crippen LogP contribution in [0.2, 0.25) is 0 Å².